The second-order valence-electron chi connectivity index (χ2n) is 4.47. The molecule has 0 bridgehead atoms. The summed E-state index contributed by atoms with van der Waals surface area (Å²) in [5.41, 5.74) is 5.76. The molecule has 0 aliphatic carbocycles. The van der Waals surface area contributed by atoms with E-state index < -0.39 is 18.1 Å². The molecule has 0 unspecified atom stereocenters. The normalized spacial score (nSPS) is 24.1. The molecule has 96 valence electrons. The highest BCUT2D eigenvalue weighted by Gasteiger charge is 2.36. The SMILES string of the molecule is NC(=O)[C@@H]1C[C@H](F)CN1CC(=O)c1ccccc1. The van der Waals surface area contributed by atoms with Crippen LogP contribution < -0.4 is 5.73 Å². The summed E-state index contributed by atoms with van der Waals surface area (Å²) in [5.74, 6) is -0.702. The smallest absolute Gasteiger partial charge is 0.234 e. The second kappa shape index (κ2) is 5.27. The van der Waals surface area contributed by atoms with Gasteiger partial charge >= 0.3 is 0 Å². The molecule has 2 atom stereocenters. The molecule has 1 aromatic carbocycles. The van der Waals surface area contributed by atoms with Crippen molar-refractivity contribution in [2.45, 2.75) is 18.6 Å². The number of carbonyl (C=O) groups is 2. The van der Waals surface area contributed by atoms with Crippen molar-refractivity contribution < 1.29 is 14.0 Å². The van der Waals surface area contributed by atoms with E-state index in [2.05, 4.69) is 0 Å². The number of carbonyl (C=O) groups excluding carboxylic acids is 2. The summed E-state index contributed by atoms with van der Waals surface area (Å²) < 4.78 is 13.3. The molecule has 1 amide bonds. The fourth-order valence-corrected chi connectivity index (χ4v) is 2.22. The molecule has 2 N–H and O–H groups in total. The van der Waals surface area contributed by atoms with E-state index in [1.165, 1.54) is 4.90 Å². The molecule has 0 saturated carbocycles. The van der Waals surface area contributed by atoms with Gasteiger partial charge in [-0.05, 0) is 0 Å². The second-order valence-corrected chi connectivity index (χ2v) is 4.47. The van der Waals surface area contributed by atoms with Crippen LogP contribution in [0, 0.1) is 0 Å². The highest BCUT2D eigenvalue weighted by Crippen LogP contribution is 2.20. The number of Topliss-reactive ketones (excluding diaryl/α,β-unsaturated/α-hetero) is 1. The Balaban J connectivity index is 2.05. The molecule has 0 radical (unpaired) electrons. The molecule has 4 nitrogen and oxygen atoms in total. The molecule has 0 spiro atoms. The first-order valence-corrected chi connectivity index (χ1v) is 5.83. The maximum atomic E-state index is 13.3. The van der Waals surface area contributed by atoms with Crippen LogP contribution in [0.15, 0.2) is 30.3 Å². The van der Waals surface area contributed by atoms with Crippen LogP contribution in [0.1, 0.15) is 16.8 Å². The summed E-state index contributed by atoms with van der Waals surface area (Å²) in [6, 6.07) is 8.07. The molecular weight excluding hydrogens is 235 g/mol. The molecule has 18 heavy (non-hydrogen) atoms. The number of hydrogen-bond acceptors (Lipinski definition) is 3. The number of alkyl halides is 1. The third-order valence-electron chi connectivity index (χ3n) is 3.12. The fraction of sp³-hybridized carbons (Fsp3) is 0.385. The van der Waals surface area contributed by atoms with Gasteiger partial charge in [0, 0.05) is 18.5 Å². The molecule has 0 aromatic heterocycles. The Hall–Kier alpha value is -1.75. The van der Waals surface area contributed by atoms with Crippen LogP contribution in [-0.2, 0) is 4.79 Å². The van der Waals surface area contributed by atoms with Crippen LogP contribution in [0.4, 0.5) is 4.39 Å². The Morgan fingerprint density at radius 3 is 2.61 bits per heavy atom. The number of likely N-dealkylation sites (tertiary alicyclic amines) is 1. The van der Waals surface area contributed by atoms with Gasteiger partial charge in [-0.2, -0.15) is 0 Å². The van der Waals surface area contributed by atoms with Crippen LogP contribution in [0.2, 0.25) is 0 Å². The predicted molar refractivity (Wildman–Crippen MR) is 64.8 cm³/mol. The number of ketones is 1. The molecule has 1 saturated heterocycles. The lowest BCUT2D eigenvalue weighted by Gasteiger charge is -2.20. The number of benzene rings is 1. The van der Waals surface area contributed by atoms with E-state index in [9.17, 15) is 14.0 Å². The first kappa shape index (κ1) is 12.7. The van der Waals surface area contributed by atoms with Gasteiger partial charge in [-0.3, -0.25) is 14.5 Å². The largest absolute Gasteiger partial charge is 0.368 e. The van der Waals surface area contributed by atoms with Gasteiger partial charge in [0.25, 0.3) is 0 Å². The third-order valence-corrected chi connectivity index (χ3v) is 3.12. The van der Waals surface area contributed by atoms with Gasteiger partial charge in [0.1, 0.15) is 6.17 Å². The lowest BCUT2D eigenvalue weighted by atomic mass is 10.1. The monoisotopic (exact) mass is 250 g/mol. The molecular formula is C13H15FN2O2. The third kappa shape index (κ3) is 2.73. The zero-order chi connectivity index (χ0) is 13.1. The lowest BCUT2D eigenvalue weighted by molar-refractivity contribution is -0.122. The van der Waals surface area contributed by atoms with Gasteiger partial charge in [0.05, 0.1) is 12.6 Å². The number of nitrogens with zero attached hydrogens (tertiary/aromatic N) is 1. The summed E-state index contributed by atoms with van der Waals surface area (Å²) in [5, 5.41) is 0. The standard InChI is InChI=1S/C13H15FN2O2/c14-10-6-11(13(15)18)16(7-10)8-12(17)9-4-2-1-3-5-9/h1-5,10-11H,6-8H2,(H2,15,18)/t10-,11-/m0/s1. The summed E-state index contributed by atoms with van der Waals surface area (Å²) in [6.07, 6.45) is -1.01. The number of halogens is 1. The quantitative estimate of drug-likeness (QED) is 0.803. The number of primary amides is 1. The first-order chi connectivity index (χ1) is 8.58. The molecule has 1 aliphatic heterocycles. The van der Waals surface area contributed by atoms with Gasteiger partial charge < -0.3 is 5.73 Å². The number of rotatable bonds is 4. The maximum Gasteiger partial charge on any atom is 0.234 e. The lowest BCUT2D eigenvalue weighted by Crippen LogP contribution is -2.42. The van der Waals surface area contributed by atoms with Gasteiger partial charge in [-0.15, -0.1) is 0 Å². The van der Waals surface area contributed by atoms with Crippen molar-refractivity contribution in [3.63, 3.8) is 0 Å². The van der Waals surface area contributed by atoms with Gasteiger partial charge in [-0.25, -0.2) is 4.39 Å². The Kier molecular flexibility index (Phi) is 3.72. The highest BCUT2D eigenvalue weighted by molar-refractivity contribution is 5.98. The van der Waals surface area contributed by atoms with Gasteiger partial charge in [-0.1, -0.05) is 30.3 Å². The van der Waals surface area contributed by atoms with E-state index in [0.29, 0.717) is 5.56 Å². The molecule has 1 aromatic rings. The van der Waals surface area contributed by atoms with E-state index in [-0.39, 0.29) is 25.3 Å². The van der Waals surface area contributed by atoms with Crippen molar-refractivity contribution in [2.75, 3.05) is 13.1 Å². The Morgan fingerprint density at radius 1 is 1.33 bits per heavy atom. The zero-order valence-electron chi connectivity index (χ0n) is 9.88. The van der Waals surface area contributed by atoms with Crippen LogP contribution >= 0.6 is 0 Å². The van der Waals surface area contributed by atoms with E-state index in [1.54, 1.807) is 24.3 Å². The zero-order valence-corrected chi connectivity index (χ0v) is 9.88. The molecule has 1 aliphatic rings. The van der Waals surface area contributed by atoms with Crippen LogP contribution in [-0.4, -0.2) is 41.9 Å². The Bertz CT molecular complexity index is 450. The fourth-order valence-electron chi connectivity index (χ4n) is 2.22. The highest BCUT2D eigenvalue weighted by atomic mass is 19.1. The van der Waals surface area contributed by atoms with E-state index in [0.717, 1.165) is 0 Å². The summed E-state index contributed by atoms with van der Waals surface area (Å²) in [7, 11) is 0. The Morgan fingerprint density at radius 2 is 2.00 bits per heavy atom. The summed E-state index contributed by atoms with van der Waals surface area (Å²) in [6.45, 7) is 0.115. The minimum atomic E-state index is -1.09. The van der Waals surface area contributed by atoms with Crippen molar-refractivity contribution in [1.82, 2.24) is 4.90 Å². The maximum absolute atomic E-state index is 13.3. The van der Waals surface area contributed by atoms with Crippen LogP contribution in [0.25, 0.3) is 0 Å². The molecule has 1 fully saturated rings. The number of nitrogens with two attached hydrogens (primary N) is 1. The predicted octanol–water partition coefficient (Wildman–Crippen LogP) is 0.767. The molecule has 1 heterocycles. The van der Waals surface area contributed by atoms with E-state index in [1.807, 2.05) is 6.07 Å². The van der Waals surface area contributed by atoms with E-state index in [4.69, 9.17) is 5.73 Å². The van der Waals surface area contributed by atoms with Crippen LogP contribution in [0.5, 0.6) is 0 Å². The van der Waals surface area contributed by atoms with Crippen molar-refractivity contribution in [3.8, 4) is 0 Å². The van der Waals surface area contributed by atoms with Gasteiger partial charge in [0.15, 0.2) is 5.78 Å². The number of amides is 1. The minimum absolute atomic E-state index is 0.0258. The average molecular weight is 250 g/mol. The Labute approximate surface area is 105 Å². The van der Waals surface area contributed by atoms with E-state index >= 15 is 0 Å². The molecule has 2 rings (SSSR count). The van der Waals surface area contributed by atoms with Crippen molar-refractivity contribution in [2.24, 2.45) is 5.73 Å². The van der Waals surface area contributed by atoms with Crippen molar-refractivity contribution >= 4 is 11.7 Å². The summed E-state index contributed by atoms with van der Waals surface area (Å²) in [4.78, 5) is 24.7. The molecule has 5 heteroatoms. The minimum Gasteiger partial charge on any atom is -0.368 e. The topological polar surface area (TPSA) is 63.4 Å². The summed E-state index contributed by atoms with van der Waals surface area (Å²) >= 11 is 0. The number of hydrogen-bond donors (Lipinski definition) is 1. The first-order valence-electron chi connectivity index (χ1n) is 5.83. The van der Waals surface area contributed by atoms with Crippen molar-refractivity contribution in [3.05, 3.63) is 35.9 Å². The average Bonchev–Trinajstić information content (AvgIpc) is 2.71. The van der Waals surface area contributed by atoms with Crippen molar-refractivity contribution in [1.29, 1.82) is 0 Å². The van der Waals surface area contributed by atoms with Crippen LogP contribution in [0.3, 0.4) is 0 Å². The van der Waals surface area contributed by atoms with Gasteiger partial charge in [0.2, 0.25) is 5.91 Å².